The Morgan fingerprint density at radius 2 is 2.40 bits per heavy atom. The van der Waals surface area contributed by atoms with Crippen LogP contribution in [0.4, 0.5) is 0 Å². The minimum Gasteiger partial charge on any atom is -0.388 e. The zero-order chi connectivity index (χ0) is 7.40. The van der Waals surface area contributed by atoms with Gasteiger partial charge >= 0.3 is 0 Å². The van der Waals surface area contributed by atoms with E-state index in [4.69, 9.17) is 5.41 Å². The summed E-state index contributed by atoms with van der Waals surface area (Å²) < 4.78 is 0. The highest BCUT2D eigenvalue weighted by Crippen LogP contribution is 2.12. The number of allylic oxidation sites excluding steroid dienone is 2. The molecule has 0 radical (unpaired) electrons. The summed E-state index contributed by atoms with van der Waals surface area (Å²) in [7, 11) is 0. The van der Waals surface area contributed by atoms with Gasteiger partial charge in [-0.1, -0.05) is 0 Å². The fourth-order valence-electron chi connectivity index (χ4n) is 1.18. The van der Waals surface area contributed by atoms with Crippen molar-refractivity contribution in [3.8, 4) is 0 Å². The molecule has 0 atom stereocenters. The van der Waals surface area contributed by atoms with Gasteiger partial charge in [-0.2, -0.15) is 0 Å². The van der Waals surface area contributed by atoms with Crippen LogP contribution in [0.5, 0.6) is 0 Å². The summed E-state index contributed by atoms with van der Waals surface area (Å²) in [5.74, 6) is 0. The highest BCUT2D eigenvalue weighted by atomic mass is 14.9. The van der Waals surface area contributed by atoms with E-state index >= 15 is 0 Å². The van der Waals surface area contributed by atoms with Gasteiger partial charge in [0.1, 0.15) is 0 Å². The first kappa shape index (κ1) is 7.32. The number of piperidine rings is 1. The molecule has 0 aromatic carbocycles. The number of rotatable bonds is 1. The van der Waals surface area contributed by atoms with Crippen molar-refractivity contribution in [3.63, 3.8) is 0 Å². The van der Waals surface area contributed by atoms with Gasteiger partial charge in [0.15, 0.2) is 0 Å². The van der Waals surface area contributed by atoms with Gasteiger partial charge in [0, 0.05) is 18.5 Å². The Kier molecular flexibility index (Phi) is 2.49. The van der Waals surface area contributed by atoms with Crippen LogP contribution in [0.2, 0.25) is 0 Å². The van der Waals surface area contributed by atoms with Crippen molar-refractivity contribution in [1.29, 1.82) is 5.41 Å². The van der Waals surface area contributed by atoms with Crippen molar-refractivity contribution < 1.29 is 0 Å². The van der Waals surface area contributed by atoms with Gasteiger partial charge in [0.05, 0.1) is 0 Å². The lowest BCUT2D eigenvalue weighted by Gasteiger charge is -2.17. The summed E-state index contributed by atoms with van der Waals surface area (Å²) >= 11 is 0. The van der Waals surface area contributed by atoms with E-state index in [0.29, 0.717) is 0 Å². The number of hydrogen-bond donors (Lipinski definition) is 2. The zero-order valence-electron chi connectivity index (χ0n) is 6.41. The Balaban J connectivity index is 2.59. The van der Waals surface area contributed by atoms with E-state index in [9.17, 15) is 0 Å². The minimum absolute atomic E-state index is 1.08. The maximum atomic E-state index is 7.02. The predicted octanol–water partition coefficient (Wildman–Crippen LogP) is 1.68. The van der Waals surface area contributed by atoms with Gasteiger partial charge in [-0.25, -0.2) is 0 Å². The van der Waals surface area contributed by atoms with E-state index < -0.39 is 0 Å². The highest BCUT2D eigenvalue weighted by Gasteiger charge is 2.04. The molecule has 2 N–H and O–H groups in total. The van der Waals surface area contributed by atoms with Gasteiger partial charge in [-0.3, -0.25) is 0 Å². The third-order valence-corrected chi connectivity index (χ3v) is 1.88. The lowest BCUT2D eigenvalue weighted by Crippen LogP contribution is -2.21. The molecule has 10 heavy (non-hydrogen) atoms. The quantitative estimate of drug-likeness (QED) is 0.531. The summed E-state index contributed by atoms with van der Waals surface area (Å²) in [6.07, 6.45) is 5.09. The summed E-state index contributed by atoms with van der Waals surface area (Å²) in [5.41, 5.74) is 2.35. The van der Waals surface area contributed by atoms with Crippen molar-refractivity contribution in [1.82, 2.24) is 5.32 Å². The normalized spacial score (nSPS) is 23.3. The molecule has 0 unspecified atom stereocenters. The zero-order valence-corrected chi connectivity index (χ0v) is 6.41. The molecule has 1 rings (SSSR count). The first-order chi connectivity index (χ1) is 4.84. The molecule has 0 spiro atoms. The molecule has 2 nitrogen and oxygen atoms in total. The molecule has 1 heterocycles. The summed E-state index contributed by atoms with van der Waals surface area (Å²) in [6, 6.07) is 0. The van der Waals surface area contributed by atoms with Crippen molar-refractivity contribution in [2.24, 2.45) is 0 Å². The van der Waals surface area contributed by atoms with E-state index in [2.05, 4.69) is 5.32 Å². The van der Waals surface area contributed by atoms with Crippen LogP contribution in [-0.2, 0) is 0 Å². The molecule has 0 bridgehead atoms. The molecule has 0 aromatic rings. The van der Waals surface area contributed by atoms with Gasteiger partial charge in [-0.05, 0) is 31.8 Å². The maximum absolute atomic E-state index is 7.02. The Bertz CT molecular complexity index is 151. The van der Waals surface area contributed by atoms with Gasteiger partial charge in [-0.15, -0.1) is 0 Å². The second-order valence-electron chi connectivity index (χ2n) is 2.69. The van der Waals surface area contributed by atoms with E-state index in [-0.39, 0.29) is 0 Å². The van der Waals surface area contributed by atoms with Gasteiger partial charge in [0.25, 0.3) is 0 Å². The summed E-state index contributed by atoms with van der Waals surface area (Å²) in [4.78, 5) is 0. The number of nitrogens with one attached hydrogen (secondary N) is 2. The fraction of sp³-hybridized carbons (Fsp3) is 0.625. The first-order valence-electron chi connectivity index (χ1n) is 3.78. The summed E-state index contributed by atoms with van der Waals surface area (Å²) in [5, 5.41) is 10.3. The molecule has 0 aliphatic carbocycles. The Morgan fingerprint density at radius 1 is 1.60 bits per heavy atom. The lowest BCUT2D eigenvalue weighted by molar-refractivity contribution is 0.584. The fourth-order valence-corrected chi connectivity index (χ4v) is 1.18. The molecule has 1 aliphatic rings. The van der Waals surface area contributed by atoms with E-state index in [1.165, 1.54) is 24.8 Å². The predicted molar refractivity (Wildman–Crippen MR) is 43.3 cm³/mol. The van der Waals surface area contributed by atoms with Crippen LogP contribution in [0.3, 0.4) is 0 Å². The summed E-state index contributed by atoms with van der Waals surface area (Å²) in [6.45, 7) is 3.07. The molecule has 1 aliphatic heterocycles. The van der Waals surface area contributed by atoms with Crippen LogP contribution in [-0.4, -0.2) is 12.8 Å². The van der Waals surface area contributed by atoms with Crippen LogP contribution in [0.25, 0.3) is 0 Å². The van der Waals surface area contributed by atoms with Crippen LogP contribution < -0.4 is 5.32 Å². The average Bonchev–Trinajstić information content (AvgIpc) is 2.05. The van der Waals surface area contributed by atoms with Gasteiger partial charge in [0.2, 0.25) is 0 Å². The minimum atomic E-state index is 1.08. The monoisotopic (exact) mass is 138 g/mol. The largest absolute Gasteiger partial charge is 0.388 e. The standard InChI is InChI=1S/C8H14N2/c1-7(6-9)8-4-2-3-5-10-8/h6,9-10H,2-5H2,1H3/b8-7-,9-6?. The van der Waals surface area contributed by atoms with Crippen molar-refractivity contribution in [2.45, 2.75) is 26.2 Å². The Hall–Kier alpha value is -0.790. The molecular weight excluding hydrogens is 124 g/mol. The highest BCUT2D eigenvalue weighted by molar-refractivity contribution is 5.75. The molecule has 0 saturated carbocycles. The number of hydrogen-bond acceptors (Lipinski definition) is 2. The molecule has 0 aromatic heterocycles. The van der Waals surface area contributed by atoms with Crippen LogP contribution in [0.1, 0.15) is 26.2 Å². The van der Waals surface area contributed by atoms with Gasteiger partial charge < -0.3 is 10.7 Å². The van der Waals surface area contributed by atoms with E-state index in [1.54, 1.807) is 0 Å². The second-order valence-corrected chi connectivity index (χ2v) is 2.69. The second kappa shape index (κ2) is 3.40. The molecular formula is C8H14N2. The molecule has 1 saturated heterocycles. The maximum Gasteiger partial charge on any atom is 0.0224 e. The van der Waals surface area contributed by atoms with Crippen LogP contribution in [0.15, 0.2) is 11.3 Å². The molecule has 56 valence electrons. The average molecular weight is 138 g/mol. The van der Waals surface area contributed by atoms with Crippen LogP contribution in [0, 0.1) is 5.41 Å². The van der Waals surface area contributed by atoms with Crippen molar-refractivity contribution >= 4 is 6.21 Å². The SMILES string of the molecule is C/C(C=N)=C1\CCCCN1. The first-order valence-corrected chi connectivity index (χ1v) is 3.78. The van der Waals surface area contributed by atoms with E-state index in [0.717, 1.165) is 18.5 Å². The smallest absolute Gasteiger partial charge is 0.0224 e. The topological polar surface area (TPSA) is 35.9 Å². The molecule has 1 fully saturated rings. The van der Waals surface area contributed by atoms with E-state index in [1.807, 2.05) is 6.92 Å². The Morgan fingerprint density at radius 3 is 2.90 bits per heavy atom. The van der Waals surface area contributed by atoms with Crippen molar-refractivity contribution in [2.75, 3.05) is 6.54 Å². The Labute approximate surface area is 61.8 Å². The van der Waals surface area contributed by atoms with Crippen molar-refractivity contribution in [3.05, 3.63) is 11.3 Å². The third-order valence-electron chi connectivity index (χ3n) is 1.88. The third kappa shape index (κ3) is 1.59. The van der Waals surface area contributed by atoms with Crippen LogP contribution >= 0.6 is 0 Å². The molecule has 2 heteroatoms. The lowest BCUT2D eigenvalue weighted by atomic mass is 10.1. The molecule has 0 amide bonds.